The lowest BCUT2D eigenvalue weighted by Gasteiger charge is -2.24. The zero-order valence-corrected chi connectivity index (χ0v) is 12.3. The van der Waals surface area contributed by atoms with Crippen LogP contribution in [0.5, 0.6) is 0 Å². The Morgan fingerprint density at radius 2 is 2.23 bits per heavy atom. The number of aromatic nitrogens is 5. The first-order valence-corrected chi connectivity index (χ1v) is 7.31. The summed E-state index contributed by atoms with van der Waals surface area (Å²) in [6.07, 6.45) is 9.22. The van der Waals surface area contributed by atoms with E-state index in [1.165, 1.54) is 0 Å². The molecule has 0 N–H and O–H groups in total. The van der Waals surface area contributed by atoms with Gasteiger partial charge in [-0.25, -0.2) is 0 Å². The van der Waals surface area contributed by atoms with Crippen molar-refractivity contribution in [2.24, 2.45) is 7.05 Å². The Bertz CT molecular complexity index is 835. The summed E-state index contributed by atoms with van der Waals surface area (Å²) in [6, 6.07) is 3.73. The zero-order chi connectivity index (χ0) is 15.1. The number of rotatable bonds is 2. The van der Waals surface area contributed by atoms with Gasteiger partial charge in [0.25, 0.3) is 5.91 Å². The summed E-state index contributed by atoms with van der Waals surface area (Å²) in [7, 11) is 1.89. The molecule has 1 saturated heterocycles. The molecule has 1 aliphatic rings. The van der Waals surface area contributed by atoms with Crippen molar-refractivity contribution in [1.29, 1.82) is 0 Å². The van der Waals surface area contributed by atoms with Crippen LogP contribution in [-0.2, 0) is 7.05 Å². The molecule has 0 spiro atoms. The Hall–Kier alpha value is -2.70. The van der Waals surface area contributed by atoms with Crippen LogP contribution in [0.3, 0.4) is 0 Å². The number of aryl methyl sites for hydroxylation is 1. The molecule has 4 heterocycles. The number of carbonyl (C=O) groups is 1. The van der Waals surface area contributed by atoms with Gasteiger partial charge in [0.05, 0.1) is 17.8 Å². The van der Waals surface area contributed by atoms with Gasteiger partial charge in [-0.15, -0.1) is 10.2 Å². The van der Waals surface area contributed by atoms with Crippen LogP contribution in [0.25, 0.3) is 5.65 Å². The molecule has 1 unspecified atom stereocenters. The van der Waals surface area contributed by atoms with Crippen LogP contribution in [0.4, 0.5) is 0 Å². The minimum Gasteiger partial charge on any atom is -0.331 e. The lowest BCUT2D eigenvalue weighted by Crippen LogP contribution is -2.30. The Morgan fingerprint density at radius 1 is 1.32 bits per heavy atom. The average Bonchev–Trinajstić information content (AvgIpc) is 3.25. The van der Waals surface area contributed by atoms with Gasteiger partial charge in [0.2, 0.25) is 0 Å². The van der Waals surface area contributed by atoms with Gasteiger partial charge >= 0.3 is 0 Å². The molecule has 7 heteroatoms. The highest BCUT2D eigenvalue weighted by Gasteiger charge is 2.31. The predicted molar refractivity (Wildman–Crippen MR) is 79.2 cm³/mol. The van der Waals surface area contributed by atoms with E-state index in [9.17, 15) is 4.79 Å². The molecule has 7 nitrogen and oxygen atoms in total. The lowest BCUT2D eigenvalue weighted by molar-refractivity contribution is 0.0735. The van der Waals surface area contributed by atoms with Crippen LogP contribution >= 0.6 is 0 Å². The maximum Gasteiger partial charge on any atom is 0.255 e. The van der Waals surface area contributed by atoms with E-state index < -0.39 is 0 Å². The largest absolute Gasteiger partial charge is 0.331 e. The van der Waals surface area contributed by atoms with Crippen molar-refractivity contribution in [1.82, 2.24) is 29.3 Å². The van der Waals surface area contributed by atoms with Gasteiger partial charge in [0.15, 0.2) is 5.65 Å². The molecule has 0 aromatic carbocycles. The molecule has 1 amide bonds. The van der Waals surface area contributed by atoms with E-state index in [2.05, 4.69) is 15.3 Å². The van der Waals surface area contributed by atoms with Gasteiger partial charge in [-0.05, 0) is 25.0 Å². The minimum atomic E-state index is 0.0435. The molecule has 4 rings (SSSR count). The van der Waals surface area contributed by atoms with E-state index in [0.717, 1.165) is 30.6 Å². The first-order valence-electron chi connectivity index (χ1n) is 7.31. The third-order valence-corrected chi connectivity index (χ3v) is 4.16. The van der Waals surface area contributed by atoms with E-state index in [4.69, 9.17) is 0 Å². The van der Waals surface area contributed by atoms with Crippen molar-refractivity contribution < 1.29 is 4.79 Å². The van der Waals surface area contributed by atoms with E-state index >= 15 is 0 Å². The maximum absolute atomic E-state index is 12.8. The third-order valence-electron chi connectivity index (χ3n) is 4.16. The van der Waals surface area contributed by atoms with Crippen molar-refractivity contribution in [3.8, 4) is 0 Å². The van der Waals surface area contributed by atoms with Gasteiger partial charge in [-0.1, -0.05) is 0 Å². The number of hydrogen-bond acceptors (Lipinski definition) is 4. The highest BCUT2D eigenvalue weighted by molar-refractivity contribution is 5.94. The number of likely N-dealkylation sites (tertiary alicyclic amines) is 1. The van der Waals surface area contributed by atoms with Crippen LogP contribution in [0.1, 0.15) is 34.8 Å². The van der Waals surface area contributed by atoms with Crippen LogP contribution in [0.15, 0.2) is 37.1 Å². The molecule has 22 heavy (non-hydrogen) atoms. The molecule has 1 fully saturated rings. The molecule has 1 atom stereocenters. The number of amides is 1. The topological polar surface area (TPSA) is 68.3 Å². The van der Waals surface area contributed by atoms with Crippen molar-refractivity contribution in [2.45, 2.75) is 18.9 Å². The number of fused-ring (bicyclic) bond motifs is 1. The monoisotopic (exact) mass is 296 g/mol. The van der Waals surface area contributed by atoms with Crippen molar-refractivity contribution >= 4 is 11.6 Å². The van der Waals surface area contributed by atoms with Crippen LogP contribution in [0.2, 0.25) is 0 Å². The molecule has 112 valence electrons. The van der Waals surface area contributed by atoms with Crippen molar-refractivity contribution in [2.75, 3.05) is 6.54 Å². The maximum atomic E-state index is 12.8. The Morgan fingerprint density at radius 3 is 3.05 bits per heavy atom. The smallest absolute Gasteiger partial charge is 0.255 e. The molecule has 0 bridgehead atoms. The van der Waals surface area contributed by atoms with Gasteiger partial charge in [-0.2, -0.15) is 5.10 Å². The van der Waals surface area contributed by atoms with Gasteiger partial charge in [-0.3, -0.25) is 13.9 Å². The second kappa shape index (κ2) is 4.94. The Kier molecular flexibility index (Phi) is 2.92. The van der Waals surface area contributed by atoms with Crippen LogP contribution in [-0.4, -0.2) is 41.7 Å². The Balaban J connectivity index is 1.65. The number of carbonyl (C=O) groups excluding carboxylic acids is 1. The van der Waals surface area contributed by atoms with Crippen molar-refractivity contribution in [3.63, 3.8) is 0 Å². The zero-order valence-electron chi connectivity index (χ0n) is 12.3. The summed E-state index contributed by atoms with van der Waals surface area (Å²) in [6.45, 7) is 0.776. The number of nitrogens with zero attached hydrogens (tertiary/aromatic N) is 6. The summed E-state index contributed by atoms with van der Waals surface area (Å²) < 4.78 is 3.54. The predicted octanol–water partition coefficient (Wildman–Crippen LogP) is 1.44. The summed E-state index contributed by atoms with van der Waals surface area (Å²) in [5.41, 5.74) is 2.49. The van der Waals surface area contributed by atoms with Crippen LogP contribution in [0, 0.1) is 0 Å². The summed E-state index contributed by atoms with van der Waals surface area (Å²) in [5, 5.41) is 12.0. The fourth-order valence-electron chi connectivity index (χ4n) is 3.09. The molecular formula is C15H16N6O. The summed E-state index contributed by atoms with van der Waals surface area (Å²) in [4.78, 5) is 14.8. The minimum absolute atomic E-state index is 0.0435. The molecule has 3 aromatic rings. The summed E-state index contributed by atoms with van der Waals surface area (Å²) >= 11 is 0. The van der Waals surface area contributed by atoms with Gasteiger partial charge in [0, 0.05) is 31.5 Å². The second-order valence-corrected chi connectivity index (χ2v) is 5.62. The lowest BCUT2D eigenvalue weighted by atomic mass is 10.1. The molecule has 0 radical (unpaired) electrons. The summed E-state index contributed by atoms with van der Waals surface area (Å²) in [5.74, 6) is 0.0435. The average molecular weight is 296 g/mol. The van der Waals surface area contributed by atoms with E-state index in [-0.39, 0.29) is 11.9 Å². The molecule has 0 saturated carbocycles. The number of pyridine rings is 1. The second-order valence-electron chi connectivity index (χ2n) is 5.62. The fraction of sp³-hybridized carbons (Fsp3) is 0.333. The third kappa shape index (κ3) is 2.05. The highest BCUT2D eigenvalue weighted by Crippen LogP contribution is 2.32. The quantitative estimate of drug-likeness (QED) is 0.717. The normalized spacial score (nSPS) is 18.2. The molecule has 3 aromatic heterocycles. The Labute approximate surface area is 127 Å². The first kappa shape index (κ1) is 13.0. The SMILES string of the molecule is Cn1cc(C2CCCN2C(=O)c2ccc3nncn3c2)cn1. The van der Waals surface area contributed by atoms with Crippen LogP contribution < -0.4 is 0 Å². The molecule has 0 aliphatic carbocycles. The van der Waals surface area contributed by atoms with Crippen molar-refractivity contribution in [3.05, 3.63) is 48.2 Å². The highest BCUT2D eigenvalue weighted by atomic mass is 16.2. The fourth-order valence-corrected chi connectivity index (χ4v) is 3.09. The first-order chi connectivity index (χ1) is 10.7. The standard InChI is InChI=1S/C15H16N6O/c1-19-8-12(7-17-19)13-3-2-6-21(13)15(22)11-4-5-14-18-16-10-20(14)9-11/h4-5,7-10,13H,2-3,6H2,1H3. The number of hydrogen-bond donors (Lipinski definition) is 0. The molecule has 1 aliphatic heterocycles. The molecular weight excluding hydrogens is 280 g/mol. The van der Waals surface area contributed by atoms with E-state index in [1.807, 2.05) is 36.5 Å². The van der Waals surface area contributed by atoms with E-state index in [1.54, 1.807) is 21.6 Å². The van der Waals surface area contributed by atoms with E-state index in [0.29, 0.717) is 5.56 Å². The van der Waals surface area contributed by atoms with Gasteiger partial charge in [0.1, 0.15) is 6.33 Å². The van der Waals surface area contributed by atoms with Gasteiger partial charge < -0.3 is 4.90 Å².